The van der Waals surface area contributed by atoms with Crippen molar-refractivity contribution in [2.75, 3.05) is 19.1 Å². The summed E-state index contributed by atoms with van der Waals surface area (Å²) in [6.07, 6.45) is 1.74. The Labute approximate surface area is 131 Å². The van der Waals surface area contributed by atoms with Gasteiger partial charge in [-0.1, -0.05) is 12.1 Å². The van der Waals surface area contributed by atoms with E-state index in [4.69, 9.17) is 9.47 Å². The summed E-state index contributed by atoms with van der Waals surface area (Å²) in [6, 6.07) is 11.9. The lowest BCUT2D eigenvalue weighted by molar-refractivity contribution is 0.310. The van der Waals surface area contributed by atoms with Crippen LogP contribution in [0.3, 0.4) is 0 Å². The summed E-state index contributed by atoms with van der Waals surface area (Å²) in [4.78, 5) is 0. The molecule has 0 bridgehead atoms. The summed E-state index contributed by atoms with van der Waals surface area (Å²) < 4.78 is 11.0. The van der Waals surface area contributed by atoms with Crippen LogP contribution >= 0.6 is 0 Å². The van der Waals surface area contributed by atoms with Crippen LogP contribution in [0, 0.1) is 13.8 Å². The number of aryl methyl sites for hydroxylation is 2. The highest BCUT2D eigenvalue weighted by molar-refractivity contribution is 5.85. The lowest BCUT2D eigenvalue weighted by atomic mass is 10.1. The summed E-state index contributed by atoms with van der Waals surface area (Å²) in [7, 11) is 1.63. The summed E-state index contributed by atoms with van der Waals surface area (Å²) in [6.45, 7) is 6.69. The quantitative estimate of drug-likeness (QED) is 0.643. The van der Waals surface area contributed by atoms with Gasteiger partial charge in [-0.15, -0.1) is 0 Å². The minimum absolute atomic E-state index is 0.575. The van der Waals surface area contributed by atoms with E-state index in [1.165, 1.54) is 11.1 Å². The number of benzene rings is 2. The number of methoxy groups -OCH3 is 1. The van der Waals surface area contributed by atoms with Crippen molar-refractivity contribution in [3.8, 4) is 11.5 Å². The number of para-hydroxylation sites is 1. The van der Waals surface area contributed by atoms with Gasteiger partial charge in [-0.2, -0.15) is 5.10 Å². The maximum absolute atomic E-state index is 5.65. The number of hydrogen-bond acceptors (Lipinski definition) is 4. The molecule has 2 aromatic rings. The van der Waals surface area contributed by atoms with Gasteiger partial charge in [-0.25, -0.2) is 0 Å². The molecule has 2 rings (SSSR count). The third kappa shape index (κ3) is 3.79. The molecule has 4 heteroatoms. The molecule has 0 radical (unpaired) electrons. The maximum atomic E-state index is 5.65. The third-order valence-corrected chi connectivity index (χ3v) is 3.42. The Hall–Kier alpha value is -2.49. The van der Waals surface area contributed by atoms with E-state index in [-0.39, 0.29) is 0 Å². The highest BCUT2D eigenvalue weighted by atomic mass is 16.5. The van der Waals surface area contributed by atoms with Crippen molar-refractivity contribution in [2.45, 2.75) is 20.8 Å². The van der Waals surface area contributed by atoms with Crippen LogP contribution in [0.15, 0.2) is 41.5 Å². The third-order valence-electron chi connectivity index (χ3n) is 3.42. The van der Waals surface area contributed by atoms with Crippen LogP contribution in [0.2, 0.25) is 0 Å². The Balaban J connectivity index is 2.17. The second-order valence-corrected chi connectivity index (χ2v) is 4.98. The number of rotatable bonds is 6. The van der Waals surface area contributed by atoms with Gasteiger partial charge < -0.3 is 9.47 Å². The number of nitrogens with one attached hydrogen (secondary N) is 1. The first kappa shape index (κ1) is 15.9. The molecule has 0 aromatic heterocycles. The normalized spacial score (nSPS) is 10.7. The van der Waals surface area contributed by atoms with E-state index in [9.17, 15) is 0 Å². The van der Waals surface area contributed by atoms with Crippen molar-refractivity contribution in [3.05, 3.63) is 53.1 Å². The van der Waals surface area contributed by atoms with Gasteiger partial charge in [0.05, 0.1) is 25.6 Å². The zero-order chi connectivity index (χ0) is 15.9. The second kappa shape index (κ2) is 7.50. The molecule has 0 atom stereocenters. The highest BCUT2D eigenvalue weighted by Gasteiger charge is 2.08. The first-order valence-electron chi connectivity index (χ1n) is 7.31. The molecule has 0 spiro atoms. The van der Waals surface area contributed by atoms with Gasteiger partial charge in [0.2, 0.25) is 0 Å². The van der Waals surface area contributed by atoms with Crippen LogP contribution in [-0.4, -0.2) is 19.9 Å². The molecule has 0 aliphatic heterocycles. The fourth-order valence-electron chi connectivity index (χ4n) is 2.08. The highest BCUT2D eigenvalue weighted by Crippen LogP contribution is 2.30. The van der Waals surface area contributed by atoms with E-state index in [0.717, 1.165) is 11.3 Å². The van der Waals surface area contributed by atoms with Gasteiger partial charge in [0.1, 0.15) is 0 Å². The fraction of sp³-hybridized carbons (Fsp3) is 0.278. The van der Waals surface area contributed by atoms with Gasteiger partial charge in [-0.3, -0.25) is 5.43 Å². The average molecular weight is 298 g/mol. The van der Waals surface area contributed by atoms with E-state index in [0.29, 0.717) is 18.1 Å². The molecule has 0 aliphatic carbocycles. The summed E-state index contributed by atoms with van der Waals surface area (Å²) >= 11 is 0. The molecule has 22 heavy (non-hydrogen) atoms. The van der Waals surface area contributed by atoms with Crippen LogP contribution in [0.5, 0.6) is 11.5 Å². The summed E-state index contributed by atoms with van der Waals surface area (Å²) in [5.41, 5.74) is 7.37. The predicted molar refractivity (Wildman–Crippen MR) is 91.3 cm³/mol. The van der Waals surface area contributed by atoms with Crippen molar-refractivity contribution < 1.29 is 9.47 Å². The molecule has 4 nitrogen and oxygen atoms in total. The van der Waals surface area contributed by atoms with Crippen molar-refractivity contribution in [2.24, 2.45) is 5.10 Å². The Bertz CT molecular complexity index is 666. The largest absolute Gasteiger partial charge is 0.493 e. The molecule has 0 heterocycles. The van der Waals surface area contributed by atoms with Crippen molar-refractivity contribution in [3.63, 3.8) is 0 Å². The smallest absolute Gasteiger partial charge is 0.169 e. The monoisotopic (exact) mass is 298 g/mol. The SMILES string of the molecule is CCOc1c(/C=N/Nc2ccc(C)c(C)c2)cccc1OC. The number of nitrogens with zero attached hydrogens (tertiary/aromatic N) is 1. The van der Waals surface area contributed by atoms with Crippen molar-refractivity contribution >= 4 is 11.9 Å². The topological polar surface area (TPSA) is 42.8 Å². The fourth-order valence-corrected chi connectivity index (χ4v) is 2.08. The zero-order valence-corrected chi connectivity index (χ0v) is 13.5. The summed E-state index contributed by atoms with van der Waals surface area (Å²) in [5, 5.41) is 4.29. The molecule has 0 fully saturated rings. The molecule has 0 amide bonds. The van der Waals surface area contributed by atoms with Crippen LogP contribution in [0.4, 0.5) is 5.69 Å². The molecule has 0 saturated heterocycles. The molecule has 0 aliphatic rings. The van der Waals surface area contributed by atoms with Crippen molar-refractivity contribution in [1.29, 1.82) is 0 Å². The summed E-state index contributed by atoms with van der Waals surface area (Å²) in [5.74, 6) is 1.41. The first-order valence-corrected chi connectivity index (χ1v) is 7.31. The molecule has 2 aromatic carbocycles. The number of hydrogen-bond donors (Lipinski definition) is 1. The molecular weight excluding hydrogens is 276 g/mol. The molecule has 0 unspecified atom stereocenters. The Morgan fingerprint density at radius 3 is 2.64 bits per heavy atom. The van der Waals surface area contributed by atoms with Gasteiger partial charge in [-0.05, 0) is 56.2 Å². The van der Waals surface area contributed by atoms with Gasteiger partial charge in [0.15, 0.2) is 11.5 Å². The lowest BCUT2D eigenvalue weighted by Crippen LogP contribution is -2.00. The van der Waals surface area contributed by atoms with Crippen LogP contribution in [-0.2, 0) is 0 Å². The molecule has 116 valence electrons. The minimum Gasteiger partial charge on any atom is -0.493 e. The van der Waals surface area contributed by atoms with E-state index in [1.807, 2.05) is 31.2 Å². The minimum atomic E-state index is 0.575. The van der Waals surface area contributed by atoms with E-state index in [1.54, 1.807) is 13.3 Å². The maximum Gasteiger partial charge on any atom is 0.169 e. The Morgan fingerprint density at radius 2 is 1.95 bits per heavy atom. The molecule has 0 saturated carbocycles. The van der Waals surface area contributed by atoms with E-state index in [2.05, 4.69) is 36.5 Å². The Kier molecular flexibility index (Phi) is 5.42. The first-order chi connectivity index (χ1) is 10.7. The van der Waals surface area contributed by atoms with E-state index >= 15 is 0 Å². The van der Waals surface area contributed by atoms with E-state index < -0.39 is 0 Å². The number of ether oxygens (including phenoxy) is 2. The molecular formula is C18H22N2O2. The van der Waals surface area contributed by atoms with Crippen LogP contribution in [0.1, 0.15) is 23.6 Å². The number of hydrazone groups is 1. The standard InChI is InChI=1S/C18H22N2O2/c1-5-22-18-15(7-6-8-17(18)21-4)12-19-20-16-10-9-13(2)14(3)11-16/h6-12,20H,5H2,1-4H3/b19-12+. The van der Waals surface area contributed by atoms with Gasteiger partial charge in [0.25, 0.3) is 0 Å². The second-order valence-electron chi connectivity index (χ2n) is 4.98. The average Bonchev–Trinajstić information content (AvgIpc) is 2.52. The van der Waals surface area contributed by atoms with Crippen LogP contribution < -0.4 is 14.9 Å². The van der Waals surface area contributed by atoms with Gasteiger partial charge >= 0.3 is 0 Å². The number of anilines is 1. The lowest BCUT2D eigenvalue weighted by Gasteiger charge is -2.11. The predicted octanol–water partition coefficient (Wildman–Crippen LogP) is 4.16. The Morgan fingerprint density at radius 1 is 1.14 bits per heavy atom. The molecule has 1 N–H and O–H groups in total. The van der Waals surface area contributed by atoms with Crippen molar-refractivity contribution in [1.82, 2.24) is 0 Å². The van der Waals surface area contributed by atoms with Crippen LogP contribution in [0.25, 0.3) is 0 Å². The van der Waals surface area contributed by atoms with Gasteiger partial charge in [0, 0.05) is 5.56 Å². The zero-order valence-electron chi connectivity index (χ0n) is 13.5.